The number of thiazole rings is 1. The highest BCUT2D eigenvalue weighted by molar-refractivity contribution is 7.11. The molecule has 0 saturated heterocycles. The summed E-state index contributed by atoms with van der Waals surface area (Å²) in [6.45, 7) is 14.1. The third-order valence-electron chi connectivity index (χ3n) is 4.91. The molecule has 0 saturated carbocycles. The molecule has 1 aromatic carbocycles. The Bertz CT molecular complexity index is 805. The molecule has 172 valence electrons. The molecule has 0 spiro atoms. The molecule has 0 amide bonds. The van der Waals surface area contributed by atoms with Crippen molar-refractivity contribution >= 4 is 17.3 Å². The number of aromatic nitrogens is 1. The number of aliphatic imine (C=N–C) groups is 1. The van der Waals surface area contributed by atoms with Crippen molar-refractivity contribution in [2.24, 2.45) is 4.99 Å². The Morgan fingerprint density at radius 3 is 2.58 bits per heavy atom. The first-order valence-electron chi connectivity index (χ1n) is 11.1. The lowest BCUT2D eigenvalue weighted by Gasteiger charge is -2.19. The number of hydrogen-bond acceptors (Lipinski definition) is 6. The van der Waals surface area contributed by atoms with Gasteiger partial charge < -0.3 is 25.0 Å². The van der Waals surface area contributed by atoms with Crippen molar-refractivity contribution in [2.75, 3.05) is 39.9 Å². The summed E-state index contributed by atoms with van der Waals surface area (Å²) in [5.74, 6) is 2.28. The van der Waals surface area contributed by atoms with Crippen molar-refractivity contribution in [1.29, 1.82) is 0 Å². The van der Waals surface area contributed by atoms with Crippen LogP contribution in [0, 0.1) is 0 Å². The van der Waals surface area contributed by atoms with E-state index in [1.165, 1.54) is 4.88 Å². The van der Waals surface area contributed by atoms with Gasteiger partial charge in [-0.25, -0.2) is 9.98 Å². The molecule has 0 bridgehead atoms. The second-order valence-corrected chi connectivity index (χ2v) is 8.18. The molecule has 0 aliphatic carbocycles. The summed E-state index contributed by atoms with van der Waals surface area (Å²) >= 11 is 1.73. The smallest absolute Gasteiger partial charge is 0.191 e. The predicted octanol–water partition coefficient (Wildman–Crippen LogP) is 3.69. The van der Waals surface area contributed by atoms with Gasteiger partial charge >= 0.3 is 0 Å². The summed E-state index contributed by atoms with van der Waals surface area (Å²) in [5.41, 5.74) is 1.06. The molecule has 0 unspecified atom stereocenters. The van der Waals surface area contributed by atoms with Gasteiger partial charge in [0.25, 0.3) is 0 Å². The maximum atomic E-state index is 5.95. The quantitative estimate of drug-likeness (QED) is 0.360. The van der Waals surface area contributed by atoms with E-state index in [1.54, 1.807) is 18.4 Å². The van der Waals surface area contributed by atoms with E-state index < -0.39 is 0 Å². The number of nitrogens with one attached hydrogen (secondary N) is 2. The van der Waals surface area contributed by atoms with Crippen LogP contribution in [0.2, 0.25) is 0 Å². The topological polar surface area (TPSA) is 71.0 Å². The zero-order valence-electron chi connectivity index (χ0n) is 19.5. The molecule has 8 heteroatoms. The number of nitrogens with zero attached hydrogens (tertiary/aromatic N) is 3. The van der Waals surface area contributed by atoms with Crippen LogP contribution in [0.1, 0.15) is 43.1 Å². The Kier molecular flexibility index (Phi) is 11.2. The minimum absolute atomic E-state index is 0.545. The van der Waals surface area contributed by atoms with Gasteiger partial charge in [-0.15, -0.1) is 11.3 Å². The number of hydrogen-bond donors (Lipinski definition) is 2. The third kappa shape index (κ3) is 8.38. The molecule has 0 radical (unpaired) electrons. The van der Waals surface area contributed by atoms with E-state index in [0.717, 1.165) is 60.6 Å². The van der Waals surface area contributed by atoms with Gasteiger partial charge in [-0.05, 0) is 44.1 Å². The Hall–Kier alpha value is -2.32. The molecule has 0 atom stereocenters. The highest BCUT2D eigenvalue weighted by Crippen LogP contribution is 2.28. The Morgan fingerprint density at radius 2 is 1.94 bits per heavy atom. The van der Waals surface area contributed by atoms with Crippen LogP contribution in [-0.4, -0.2) is 55.7 Å². The lowest BCUT2D eigenvalue weighted by Crippen LogP contribution is -2.36. The maximum Gasteiger partial charge on any atom is 0.191 e. The molecular weight excluding hydrogens is 410 g/mol. The Morgan fingerprint density at radius 1 is 1.13 bits per heavy atom. The summed E-state index contributed by atoms with van der Waals surface area (Å²) in [6.07, 6.45) is 2.96. The largest absolute Gasteiger partial charge is 0.493 e. The van der Waals surface area contributed by atoms with Crippen LogP contribution in [0.15, 0.2) is 29.4 Å². The summed E-state index contributed by atoms with van der Waals surface area (Å²) in [7, 11) is 1.67. The van der Waals surface area contributed by atoms with Crippen molar-refractivity contribution in [3.05, 3.63) is 39.8 Å². The van der Waals surface area contributed by atoms with Crippen LogP contribution in [0.4, 0.5) is 0 Å². The van der Waals surface area contributed by atoms with E-state index in [-0.39, 0.29) is 0 Å². The van der Waals surface area contributed by atoms with Crippen molar-refractivity contribution in [3.63, 3.8) is 0 Å². The predicted molar refractivity (Wildman–Crippen MR) is 129 cm³/mol. The molecule has 0 aliphatic rings. The van der Waals surface area contributed by atoms with Gasteiger partial charge in [0, 0.05) is 24.2 Å². The summed E-state index contributed by atoms with van der Waals surface area (Å²) in [6, 6.07) is 6.00. The number of ether oxygens (including phenoxy) is 2. The lowest BCUT2D eigenvalue weighted by atomic mass is 10.2. The molecule has 1 aromatic heterocycles. The summed E-state index contributed by atoms with van der Waals surface area (Å²) in [5, 5.41) is 7.71. The van der Waals surface area contributed by atoms with Crippen molar-refractivity contribution < 1.29 is 9.47 Å². The van der Waals surface area contributed by atoms with Gasteiger partial charge in [-0.3, -0.25) is 0 Å². The van der Waals surface area contributed by atoms with Crippen LogP contribution in [0.3, 0.4) is 0 Å². The standard InChI is InChI=1S/C23H37N5O2S/c1-6-19-16-25-22(31-19)17-27-23(24-7-2)26-15-18-10-11-20(21(14-18)29-5)30-13-12-28(8-3)9-4/h10-11,14,16H,6-9,12-13,15,17H2,1-5H3,(H2,24,26,27). The van der Waals surface area contributed by atoms with Gasteiger partial charge in [0.2, 0.25) is 0 Å². The summed E-state index contributed by atoms with van der Waals surface area (Å²) in [4.78, 5) is 12.8. The van der Waals surface area contributed by atoms with E-state index in [0.29, 0.717) is 19.7 Å². The Balaban J connectivity index is 1.95. The highest BCUT2D eigenvalue weighted by Gasteiger charge is 2.08. The first-order chi connectivity index (χ1) is 15.1. The molecule has 0 fully saturated rings. The molecule has 7 nitrogen and oxygen atoms in total. The fourth-order valence-corrected chi connectivity index (χ4v) is 3.82. The molecule has 2 rings (SSSR count). The first-order valence-corrected chi connectivity index (χ1v) is 11.9. The molecule has 0 aliphatic heterocycles. The van der Waals surface area contributed by atoms with Gasteiger partial charge in [0.15, 0.2) is 17.5 Å². The number of guanidine groups is 1. The number of aryl methyl sites for hydroxylation is 1. The van der Waals surface area contributed by atoms with Gasteiger partial charge in [0.1, 0.15) is 11.6 Å². The number of benzene rings is 1. The SMILES string of the molecule is CCNC(=NCc1ccc(OCCN(CC)CC)c(OC)c1)NCc1ncc(CC)s1. The van der Waals surface area contributed by atoms with Gasteiger partial charge in [-0.1, -0.05) is 26.8 Å². The average molecular weight is 448 g/mol. The zero-order chi connectivity index (χ0) is 22.5. The van der Waals surface area contributed by atoms with Crippen molar-refractivity contribution in [1.82, 2.24) is 20.5 Å². The van der Waals surface area contributed by atoms with Gasteiger partial charge in [-0.2, -0.15) is 0 Å². The highest BCUT2D eigenvalue weighted by atomic mass is 32.1. The number of rotatable bonds is 13. The monoisotopic (exact) mass is 447 g/mol. The maximum absolute atomic E-state index is 5.95. The van der Waals surface area contributed by atoms with Crippen LogP contribution in [-0.2, 0) is 19.5 Å². The Labute approximate surface area is 190 Å². The minimum Gasteiger partial charge on any atom is -0.493 e. The number of likely N-dealkylation sites (N-methyl/N-ethyl adjacent to an activating group) is 1. The molecule has 2 aromatic rings. The fraction of sp³-hybridized carbons (Fsp3) is 0.565. The zero-order valence-corrected chi connectivity index (χ0v) is 20.3. The average Bonchev–Trinajstić information content (AvgIpc) is 3.27. The van der Waals surface area contributed by atoms with E-state index in [4.69, 9.17) is 14.5 Å². The minimum atomic E-state index is 0.545. The number of methoxy groups -OCH3 is 1. The second kappa shape index (κ2) is 13.9. The normalized spacial score (nSPS) is 11.6. The van der Waals surface area contributed by atoms with E-state index in [2.05, 4.69) is 48.2 Å². The fourth-order valence-electron chi connectivity index (χ4n) is 3.02. The van der Waals surface area contributed by atoms with E-state index >= 15 is 0 Å². The first kappa shape index (κ1) is 24.9. The van der Waals surface area contributed by atoms with Crippen LogP contribution in [0.25, 0.3) is 0 Å². The molecule has 2 N–H and O–H groups in total. The molecule has 31 heavy (non-hydrogen) atoms. The van der Waals surface area contributed by atoms with Crippen LogP contribution in [0.5, 0.6) is 11.5 Å². The molecular formula is C23H37N5O2S. The van der Waals surface area contributed by atoms with Crippen molar-refractivity contribution in [2.45, 2.75) is 47.2 Å². The second-order valence-electron chi connectivity index (χ2n) is 6.98. The van der Waals surface area contributed by atoms with E-state index in [1.807, 2.05) is 24.4 Å². The van der Waals surface area contributed by atoms with Crippen molar-refractivity contribution in [3.8, 4) is 11.5 Å². The van der Waals surface area contributed by atoms with Crippen LogP contribution >= 0.6 is 11.3 Å². The summed E-state index contributed by atoms with van der Waals surface area (Å²) < 4.78 is 11.5. The van der Waals surface area contributed by atoms with E-state index in [9.17, 15) is 0 Å². The van der Waals surface area contributed by atoms with Crippen LogP contribution < -0.4 is 20.1 Å². The van der Waals surface area contributed by atoms with Gasteiger partial charge in [0.05, 0.1) is 20.2 Å². The molecule has 1 heterocycles. The lowest BCUT2D eigenvalue weighted by molar-refractivity contribution is 0.217. The third-order valence-corrected chi connectivity index (χ3v) is 6.05.